The lowest BCUT2D eigenvalue weighted by molar-refractivity contribution is 0.143. The number of alkyl halides is 2. The Balaban J connectivity index is 1.26. The fourth-order valence-corrected chi connectivity index (χ4v) is 3.75. The van der Waals surface area contributed by atoms with Crippen LogP contribution in [0.1, 0.15) is 41.0 Å². The molecule has 0 saturated heterocycles. The average molecular weight is 417 g/mol. The minimum atomic E-state index is -2.48. The molecule has 31 heavy (non-hydrogen) atoms. The van der Waals surface area contributed by atoms with Gasteiger partial charge in [-0.3, -0.25) is 0 Å². The Morgan fingerprint density at radius 2 is 1.55 bits per heavy atom. The largest absolute Gasteiger partial charge is 0.449 e. The zero-order chi connectivity index (χ0) is 21.6. The van der Waals surface area contributed by atoms with Crippen molar-refractivity contribution < 1.29 is 18.3 Å². The van der Waals surface area contributed by atoms with Crippen LogP contribution in [-0.4, -0.2) is 19.2 Å². The minimum absolute atomic E-state index is 0.0224. The third-order valence-corrected chi connectivity index (χ3v) is 5.26. The van der Waals surface area contributed by atoms with Gasteiger partial charge in [-0.2, -0.15) is 0 Å². The summed E-state index contributed by atoms with van der Waals surface area (Å²) in [6.07, 6.45) is -2.53. The van der Waals surface area contributed by atoms with Gasteiger partial charge in [-0.05, 0) is 34.4 Å². The number of hydrogen-bond acceptors (Lipinski definition) is 2. The van der Waals surface area contributed by atoms with E-state index in [1.807, 2.05) is 24.3 Å². The highest BCUT2D eigenvalue weighted by atomic mass is 19.3. The summed E-state index contributed by atoms with van der Waals surface area (Å²) in [5.74, 6) is 5.84. The molecule has 5 heteroatoms. The Kier molecular flexibility index (Phi) is 6.28. The van der Waals surface area contributed by atoms with Gasteiger partial charge in [0.15, 0.2) is 0 Å². The predicted octanol–water partition coefficient (Wildman–Crippen LogP) is 5.90. The number of amides is 1. The maximum Gasteiger partial charge on any atom is 0.407 e. The van der Waals surface area contributed by atoms with Gasteiger partial charge in [0.2, 0.25) is 0 Å². The van der Waals surface area contributed by atoms with Crippen molar-refractivity contribution in [2.24, 2.45) is 0 Å². The number of hydrogen-bond donors (Lipinski definition) is 1. The van der Waals surface area contributed by atoms with Crippen LogP contribution in [0.5, 0.6) is 0 Å². The van der Waals surface area contributed by atoms with Crippen molar-refractivity contribution in [1.82, 2.24) is 5.32 Å². The molecule has 0 aliphatic heterocycles. The van der Waals surface area contributed by atoms with Crippen molar-refractivity contribution in [3.8, 4) is 23.0 Å². The Hall–Kier alpha value is -3.65. The van der Waals surface area contributed by atoms with Crippen LogP contribution in [0.25, 0.3) is 11.1 Å². The molecule has 0 heterocycles. The van der Waals surface area contributed by atoms with E-state index >= 15 is 0 Å². The second-order valence-corrected chi connectivity index (χ2v) is 7.23. The van der Waals surface area contributed by atoms with Crippen LogP contribution in [0.3, 0.4) is 0 Å². The van der Waals surface area contributed by atoms with Crippen LogP contribution in [0.2, 0.25) is 0 Å². The van der Waals surface area contributed by atoms with Gasteiger partial charge in [0, 0.05) is 30.0 Å². The van der Waals surface area contributed by atoms with Gasteiger partial charge in [-0.15, -0.1) is 0 Å². The van der Waals surface area contributed by atoms with Crippen LogP contribution >= 0.6 is 0 Å². The summed E-state index contributed by atoms with van der Waals surface area (Å²) < 4.78 is 30.6. The normalized spacial score (nSPS) is 12.0. The molecule has 0 aromatic heterocycles. The Labute approximate surface area is 180 Å². The molecule has 0 fully saturated rings. The van der Waals surface area contributed by atoms with Crippen molar-refractivity contribution in [3.05, 3.63) is 95.1 Å². The molecule has 0 radical (unpaired) electrons. The zero-order valence-electron chi connectivity index (χ0n) is 16.8. The number of ether oxygens (including phenoxy) is 1. The second kappa shape index (κ2) is 9.44. The summed E-state index contributed by atoms with van der Waals surface area (Å²) in [4.78, 5) is 12.1. The van der Waals surface area contributed by atoms with Crippen molar-refractivity contribution in [1.29, 1.82) is 0 Å². The lowest BCUT2D eigenvalue weighted by Crippen LogP contribution is -2.26. The first-order valence-electron chi connectivity index (χ1n) is 10.1. The fraction of sp³-hybridized carbons (Fsp3) is 0.192. The van der Waals surface area contributed by atoms with E-state index in [1.54, 1.807) is 12.1 Å². The third kappa shape index (κ3) is 4.75. The summed E-state index contributed by atoms with van der Waals surface area (Å²) >= 11 is 0. The summed E-state index contributed by atoms with van der Waals surface area (Å²) in [5, 5.41) is 2.70. The molecule has 0 unspecified atom stereocenters. The Morgan fingerprint density at radius 3 is 2.16 bits per heavy atom. The molecule has 3 nitrogen and oxygen atoms in total. The number of rotatable bonds is 5. The summed E-state index contributed by atoms with van der Waals surface area (Å²) in [7, 11) is 0. The van der Waals surface area contributed by atoms with E-state index in [0.29, 0.717) is 18.5 Å². The van der Waals surface area contributed by atoms with E-state index in [9.17, 15) is 13.6 Å². The molecule has 1 aliphatic rings. The number of benzene rings is 3. The van der Waals surface area contributed by atoms with Gasteiger partial charge in [0.1, 0.15) is 6.61 Å². The summed E-state index contributed by atoms with van der Waals surface area (Å²) in [6, 6.07) is 22.2. The molecule has 3 aromatic rings. The number of halogens is 2. The molecule has 0 saturated carbocycles. The van der Waals surface area contributed by atoms with Crippen molar-refractivity contribution in [2.45, 2.75) is 18.8 Å². The van der Waals surface area contributed by atoms with Crippen LogP contribution in [0, 0.1) is 11.8 Å². The Morgan fingerprint density at radius 1 is 0.935 bits per heavy atom. The smallest absolute Gasteiger partial charge is 0.407 e. The number of fused-ring (bicyclic) bond motifs is 3. The van der Waals surface area contributed by atoms with E-state index in [4.69, 9.17) is 4.74 Å². The molecule has 156 valence electrons. The molecule has 0 bridgehead atoms. The van der Waals surface area contributed by atoms with E-state index < -0.39 is 12.5 Å². The van der Waals surface area contributed by atoms with E-state index in [2.05, 4.69) is 41.4 Å². The number of carbonyl (C=O) groups excluding carboxylic acids is 1. The standard InChI is InChI=1S/C26H21F2NO2/c27-25(28)19-14-12-18(13-15-19)7-5-6-16-29-26(30)31-17-24-22-10-3-1-8-20(22)21-9-2-4-11-23(21)24/h1-4,8-15,24-25H,6,16-17H2,(H,29,30). The van der Waals surface area contributed by atoms with E-state index in [1.165, 1.54) is 34.4 Å². The lowest BCUT2D eigenvalue weighted by Gasteiger charge is -2.14. The fourth-order valence-electron chi connectivity index (χ4n) is 3.75. The molecule has 4 rings (SSSR count). The van der Waals surface area contributed by atoms with Crippen LogP contribution < -0.4 is 5.32 Å². The molecular weight excluding hydrogens is 396 g/mol. The van der Waals surface area contributed by atoms with E-state index in [-0.39, 0.29) is 18.1 Å². The molecule has 3 aromatic carbocycles. The maximum atomic E-state index is 12.5. The third-order valence-electron chi connectivity index (χ3n) is 5.26. The number of alkyl carbamates (subject to hydrolysis) is 1. The lowest BCUT2D eigenvalue weighted by atomic mass is 9.98. The number of carbonyl (C=O) groups is 1. The molecule has 0 spiro atoms. The van der Waals surface area contributed by atoms with Gasteiger partial charge in [0.05, 0.1) is 0 Å². The van der Waals surface area contributed by atoms with Gasteiger partial charge in [-0.25, -0.2) is 13.6 Å². The molecular formula is C26H21F2NO2. The summed E-state index contributed by atoms with van der Waals surface area (Å²) in [5.41, 5.74) is 5.33. The second-order valence-electron chi connectivity index (χ2n) is 7.23. The molecule has 1 N–H and O–H groups in total. The van der Waals surface area contributed by atoms with E-state index in [0.717, 1.165) is 0 Å². The number of nitrogens with one attached hydrogen (secondary N) is 1. The van der Waals surface area contributed by atoms with Crippen molar-refractivity contribution >= 4 is 6.09 Å². The quantitative estimate of drug-likeness (QED) is 0.414. The minimum Gasteiger partial charge on any atom is -0.449 e. The highest BCUT2D eigenvalue weighted by molar-refractivity contribution is 5.79. The average Bonchev–Trinajstić information content (AvgIpc) is 3.11. The molecule has 1 aliphatic carbocycles. The monoisotopic (exact) mass is 417 g/mol. The Bertz CT molecular complexity index is 1080. The van der Waals surface area contributed by atoms with Crippen LogP contribution in [0.15, 0.2) is 72.8 Å². The first kappa shape index (κ1) is 20.6. The highest BCUT2D eigenvalue weighted by Gasteiger charge is 2.28. The van der Waals surface area contributed by atoms with Crippen LogP contribution in [-0.2, 0) is 4.74 Å². The van der Waals surface area contributed by atoms with Gasteiger partial charge in [0.25, 0.3) is 6.43 Å². The maximum absolute atomic E-state index is 12.5. The van der Waals surface area contributed by atoms with Gasteiger partial charge < -0.3 is 10.1 Å². The topological polar surface area (TPSA) is 38.3 Å². The predicted molar refractivity (Wildman–Crippen MR) is 116 cm³/mol. The highest BCUT2D eigenvalue weighted by Crippen LogP contribution is 2.44. The van der Waals surface area contributed by atoms with Crippen LogP contribution in [0.4, 0.5) is 13.6 Å². The van der Waals surface area contributed by atoms with Gasteiger partial charge in [-0.1, -0.05) is 72.5 Å². The molecule has 1 amide bonds. The molecule has 0 atom stereocenters. The van der Waals surface area contributed by atoms with Crippen molar-refractivity contribution in [2.75, 3.05) is 13.2 Å². The SMILES string of the molecule is O=C(NCCC#Cc1ccc(C(F)F)cc1)OCC1c2ccccc2-c2ccccc21. The first-order chi connectivity index (χ1) is 15.1. The van der Waals surface area contributed by atoms with Crippen molar-refractivity contribution in [3.63, 3.8) is 0 Å². The van der Waals surface area contributed by atoms with Gasteiger partial charge >= 0.3 is 6.09 Å². The zero-order valence-corrected chi connectivity index (χ0v) is 16.8. The summed E-state index contributed by atoms with van der Waals surface area (Å²) in [6.45, 7) is 0.612. The first-order valence-corrected chi connectivity index (χ1v) is 10.1.